The molecule has 0 fully saturated rings. The molecule has 0 radical (unpaired) electrons. The van der Waals surface area contributed by atoms with Crippen molar-refractivity contribution in [2.75, 3.05) is 25.5 Å². The van der Waals surface area contributed by atoms with Crippen LogP contribution in [0.25, 0.3) is 0 Å². The van der Waals surface area contributed by atoms with Crippen molar-refractivity contribution in [2.45, 2.75) is 18.2 Å². The minimum absolute atomic E-state index is 0.305. The van der Waals surface area contributed by atoms with E-state index in [0.29, 0.717) is 23.7 Å². The Bertz CT molecular complexity index is 459. The highest BCUT2D eigenvalue weighted by molar-refractivity contribution is 9.09. The Morgan fingerprint density at radius 3 is 2.33 bits per heavy atom. The average molecular weight is 336 g/mol. The Balaban J connectivity index is 2.95. The van der Waals surface area contributed by atoms with E-state index in [0.717, 1.165) is 11.8 Å². The first kappa shape index (κ1) is 15.5. The van der Waals surface area contributed by atoms with Gasteiger partial charge in [-0.3, -0.25) is 0 Å². The summed E-state index contributed by atoms with van der Waals surface area (Å²) in [5, 5.41) is 0.793. The summed E-state index contributed by atoms with van der Waals surface area (Å²) in [6, 6.07) is 6.46. The molecule has 0 heterocycles. The van der Waals surface area contributed by atoms with E-state index in [4.69, 9.17) is 4.74 Å². The van der Waals surface area contributed by atoms with Crippen LogP contribution < -0.4 is 4.74 Å². The molecule has 102 valence electrons. The molecule has 6 heteroatoms. The summed E-state index contributed by atoms with van der Waals surface area (Å²) in [5.41, 5.74) is 0. The lowest BCUT2D eigenvalue weighted by molar-refractivity contribution is 0.413. The highest BCUT2D eigenvalue weighted by Gasteiger charge is 2.22. The molecule has 4 nitrogen and oxygen atoms in total. The van der Waals surface area contributed by atoms with E-state index < -0.39 is 10.0 Å². The number of benzene rings is 1. The molecule has 0 aliphatic rings. The van der Waals surface area contributed by atoms with Gasteiger partial charge in [-0.25, -0.2) is 8.42 Å². The van der Waals surface area contributed by atoms with E-state index in [9.17, 15) is 8.42 Å². The van der Waals surface area contributed by atoms with Gasteiger partial charge >= 0.3 is 0 Å². The van der Waals surface area contributed by atoms with Gasteiger partial charge in [-0.1, -0.05) is 22.9 Å². The Morgan fingerprint density at radius 2 is 1.89 bits per heavy atom. The van der Waals surface area contributed by atoms with E-state index >= 15 is 0 Å². The molecule has 0 aromatic heterocycles. The lowest BCUT2D eigenvalue weighted by atomic mass is 10.3. The molecule has 0 aliphatic carbocycles. The zero-order valence-electron chi connectivity index (χ0n) is 10.6. The van der Waals surface area contributed by atoms with Crippen molar-refractivity contribution in [2.24, 2.45) is 0 Å². The normalized spacial score (nSPS) is 11.8. The quantitative estimate of drug-likeness (QED) is 0.719. The molecule has 0 atom stereocenters. The second-order valence-corrected chi connectivity index (χ2v) is 6.45. The second kappa shape index (κ2) is 7.11. The predicted octanol–water partition coefficient (Wildman–Crippen LogP) is 2.49. The van der Waals surface area contributed by atoms with Crippen LogP contribution in [-0.2, 0) is 10.0 Å². The van der Waals surface area contributed by atoms with Crippen LogP contribution in [0.2, 0.25) is 0 Å². The first-order chi connectivity index (χ1) is 8.56. The summed E-state index contributed by atoms with van der Waals surface area (Å²) in [4.78, 5) is 0.305. The van der Waals surface area contributed by atoms with Crippen molar-refractivity contribution < 1.29 is 13.2 Å². The summed E-state index contributed by atoms with van der Waals surface area (Å²) in [6.45, 7) is 2.84. The Morgan fingerprint density at radius 1 is 1.28 bits per heavy atom. The van der Waals surface area contributed by atoms with Gasteiger partial charge in [0.2, 0.25) is 10.0 Å². The average Bonchev–Trinajstić information content (AvgIpc) is 2.39. The lowest BCUT2D eigenvalue weighted by Crippen LogP contribution is -2.32. The maximum atomic E-state index is 12.3. The topological polar surface area (TPSA) is 46.6 Å². The van der Waals surface area contributed by atoms with Gasteiger partial charge in [-0.15, -0.1) is 0 Å². The zero-order chi connectivity index (χ0) is 13.6. The third kappa shape index (κ3) is 3.70. The number of halogens is 1. The van der Waals surface area contributed by atoms with Crippen LogP contribution >= 0.6 is 15.9 Å². The summed E-state index contributed by atoms with van der Waals surface area (Å²) in [5.74, 6) is 0.650. The van der Waals surface area contributed by atoms with Crippen molar-refractivity contribution in [1.29, 1.82) is 0 Å². The molecule has 1 rings (SSSR count). The number of alkyl halides is 1. The van der Waals surface area contributed by atoms with Crippen LogP contribution in [-0.4, -0.2) is 38.3 Å². The molecule has 0 unspecified atom stereocenters. The van der Waals surface area contributed by atoms with Crippen LogP contribution in [0, 0.1) is 0 Å². The second-order valence-electron chi connectivity index (χ2n) is 3.71. The third-order valence-corrected chi connectivity index (χ3v) is 5.14. The molecule has 0 N–H and O–H groups in total. The SMILES string of the molecule is CCN(CCCBr)S(=O)(=O)c1ccc(OC)cc1. The summed E-state index contributed by atoms with van der Waals surface area (Å²) in [7, 11) is -1.84. The van der Waals surface area contributed by atoms with Crippen molar-refractivity contribution >= 4 is 26.0 Å². The van der Waals surface area contributed by atoms with Gasteiger partial charge in [0.1, 0.15) is 5.75 Å². The van der Waals surface area contributed by atoms with Crippen LogP contribution in [0.5, 0.6) is 5.75 Å². The Labute approximate surface area is 117 Å². The highest BCUT2D eigenvalue weighted by atomic mass is 79.9. The van der Waals surface area contributed by atoms with Crippen LogP contribution in [0.1, 0.15) is 13.3 Å². The highest BCUT2D eigenvalue weighted by Crippen LogP contribution is 2.19. The van der Waals surface area contributed by atoms with E-state index in [1.807, 2.05) is 6.92 Å². The Hall–Kier alpha value is -0.590. The molecule has 0 saturated carbocycles. The van der Waals surface area contributed by atoms with Gasteiger partial charge < -0.3 is 4.74 Å². The summed E-state index contributed by atoms with van der Waals surface area (Å²) in [6.07, 6.45) is 0.795. The van der Waals surface area contributed by atoms with Crippen LogP contribution in [0.4, 0.5) is 0 Å². The summed E-state index contributed by atoms with van der Waals surface area (Å²) < 4.78 is 31.2. The number of ether oxygens (including phenoxy) is 1. The maximum Gasteiger partial charge on any atom is 0.243 e. The fourth-order valence-corrected chi connectivity index (χ4v) is 3.32. The van der Waals surface area contributed by atoms with E-state index in [1.54, 1.807) is 31.4 Å². The summed E-state index contributed by atoms with van der Waals surface area (Å²) >= 11 is 3.31. The number of rotatable bonds is 7. The van der Waals surface area contributed by atoms with Gasteiger partial charge in [-0.2, -0.15) is 4.31 Å². The van der Waals surface area contributed by atoms with Gasteiger partial charge in [0, 0.05) is 18.4 Å². The third-order valence-electron chi connectivity index (χ3n) is 2.59. The molecular formula is C12H18BrNO3S. The number of methoxy groups -OCH3 is 1. The first-order valence-corrected chi connectivity index (χ1v) is 8.32. The Kier molecular flexibility index (Phi) is 6.11. The molecule has 0 aliphatic heterocycles. The number of nitrogens with zero attached hydrogens (tertiary/aromatic N) is 1. The molecule has 1 aromatic rings. The molecule has 0 spiro atoms. The maximum absolute atomic E-state index is 12.3. The van der Waals surface area contributed by atoms with Gasteiger partial charge in [0.15, 0.2) is 0 Å². The van der Waals surface area contributed by atoms with Gasteiger partial charge in [-0.05, 0) is 30.7 Å². The molecule has 0 bridgehead atoms. The largest absolute Gasteiger partial charge is 0.497 e. The van der Waals surface area contributed by atoms with Crippen molar-refractivity contribution in [3.8, 4) is 5.75 Å². The van der Waals surface area contributed by atoms with Crippen molar-refractivity contribution in [1.82, 2.24) is 4.31 Å². The predicted molar refractivity (Wildman–Crippen MR) is 75.8 cm³/mol. The minimum Gasteiger partial charge on any atom is -0.497 e. The van der Waals surface area contributed by atoms with Gasteiger partial charge in [0.25, 0.3) is 0 Å². The number of hydrogen-bond donors (Lipinski definition) is 0. The molecule has 18 heavy (non-hydrogen) atoms. The van der Waals surface area contributed by atoms with Crippen molar-refractivity contribution in [3.05, 3.63) is 24.3 Å². The smallest absolute Gasteiger partial charge is 0.243 e. The number of hydrogen-bond acceptors (Lipinski definition) is 3. The van der Waals surface area contributed by atoms with Gasteiger partial charge in [0.05, 0.1) is 12.0 Å². The fourth-order valence-electron chi connectivity index (χ4n) is 1.58. The van der Waals surface area contributed by atoms with E-state index in [1.165, 1.54) is 4.31 Å². The monoisotopic (exact) mass is 335 g/mol. The zero-order valence-corrected chi connectivity index (χ0v) is 13.0. The van der Waals surface area contributed by atoms with Crippen LogP contribution in [0.15, 0.2) is 29.2 Å². The molecule has 0 saturated heterocycles. The fraction of sp³-hybridized carbons (Fsp3) is 0.500. The van der Waals surface area contributed by atoms with E-state index in [-0.39, 0.29) is 0 Å². The molecule has 1 aromatic carbocycles. The molecule has 0 amide bonds. The first-order valence-electron chi connectivity index (χ1n) is 5.76. The van der Waals surface area contributed by atoms with Crippen LogP contribution in [0.3, 0.4) is 0 Å². The van der Waals surface area contributed by atoms with E-state index in [2.05, 4.69) is 15.9 Å². The molecular weight excluding hydrogens is 318 g/mol. The number of sulfonamides is 1. The lowest BCUT2D eigenvalue weighted by Gasteiger charge is -2.20. The minimum atomic E-state index is -3.39. The van der Waals surface area contributed by atoms with Crippen molar-refractivity contribution in [3.63, 3.8) is 0 Å². The standard InChI is InChI=1S/C12H18BrNO3S/c1-3-14(10-4-9-13)18(15,16)12-7-5-11(17-2)6-8-12/h5-8H,3-4,9-10H2,1-2H3.